The Morgan fingerprint density at radius 3 is 2.94 bits per heavy atom. The summed E-state index contributed by atoms with van der Waals surface area (Å²) in [5.74, 6) is 0.818. The maximum absolute atomic E-state index is 8.76. The molecule has 0 spiro atoms. The Labute approximate surface area is 97.5 Å². The maximum Gasteiger partial charge on any atom is 0.258 e. The molecule has 0 radical (unpaired) electrons. The minimum atomic E-state index is -0.295. The van der Waals surface area contributed by atoms with Gasteiger partial charge in [-0.05, 0) is 25.1 Å². The van der Waals surface area contributed by atoms with Gasteiger partial charge in [-0.2, -0.15) is 10.2 Å². The number of alkyl halides is 1. The molecule has 0 N–H and O–H groups in total. The molecule has 5 heteroatoms. The Kier molecular flexibility index (Phi) is 2.88. The Balaban J connectivity index is 2.39. The van der Waals surface area contributed by atoms with E-state index in [1.807, 2.05) is 0 Å². The molecule has 1 aromatic carbocycles. The number of hydrogen-bond donors (Lipinski definition) is 0. The number of rotatable bonds is 2. The first-order valence-corrected chi connectivity index (χ1v) is 5.12. The molecule has 1 unspecified atom stereocenters. The summed E-state index contributed by atoms with van der Waals surface area (Å²) in [4.78, 5) is 4.14. The van der Waals surface area contributed by atoms with Crippen LogP contribution < -0.4 is 0 Å². The number of halogens is 1. The van der Waals surface area contributed by atoms with Gasteiger partial charge in [-0.3, -0.25) is 0 Å². The summed E-state index contributed by atoms with van der Waals surface area (Å²) < 4.78 is 5.06. The lowest BCUT2D eigenvalue weighted by atomic mass is 10.1. The van der Waals surface area contributed by atoms with E-state index in [0.29, 0.717) is 17.3 Å². The van der Waals surface area contributed by atoms with E-state index < -0.39 is 0 Å². The molecule has 2 aromatic rings. The smallest absolute Gasteiger partial charge is 0.258 e. The van der Waals surface area contributed by atoms with Crippen molar-refractivity contribution < 1.29 is 4.52 Å². The highest BCUT2D eigenvalue weighted by molar-refractivity contribution is 6.20. The first-order valence-electron chi connectivity index (χ1n) is 4.69. The number of hydrogen-bond acceptors (Lipinski definition) is 4. The molecule has 1 heterocycles. The van der Waals surface area contributed by atoms with Gasteiger partial charge in [0.05, 0.1) is 17.0 Å². The van der Waals surface area contributed by atoms with Crippen LogP contribution in [0.5, 0.6) is 0 Å². The van der Waals surface area contributed by atoms with Crippen LogP contribution in [-0.2, 0) is 0 Å². The molecule has 2 rings (SSSR count). The molecule has 0 aliphatic carbocycles. The van der Waals surface area contributed by atoms with E-state index in [1.54, 1.807) is 31.2 Å². The van der Waals surface area contributed by atoms with Crippen molar-refractivity contribution in [3.8, 4) is 17.5 Å². The number of nitrogens with zero attached hydrogens (tertiary/aromatic N) is 3. The summed E-state index contributed by atoms with van der Waals surface area (Å²) in [5.41, 5.74) is 1.27. The summed E-state index contributed by atoms with van der Waals surface area (Å²) in [6, 6.07) is 9.02. The predicted molar refractivity (Wildman–Crippen MR) is 58.7 cm³/mol. The zero-order chi connectivity index (χ0) is 11.5. The average molecular weight is 234 g/mol. The monoisotopic (exact) mass is 233 g/mol. The standard InChI is InChI=1S/C11H8ClN3O/c1-7(12)10-14-11(16-15-10)9-4-2-3-8(5-9)6-13/h2-5,7H,1H3. The van der Waals surface area contributed by atoms with Crippen LogP contribution in [0, 0.1) is 11.3 Å². The number of nitriles is 1. The van der Waals surface area contributed by atoms with Gasteiger partial charge in [-0.25, -0.2) is 0 Å². The van der Waals surface area contributed by atoms with Gasteiger partial charge in [0.1, 0.15) is 0 Å². The maximum atomic E-state index is 8.76. The molecule has 0 amide bonds. The topological polar surface area (TPSA) is 62.7 Å². The summed E-state index contributed by atoms with van der Waals surface area (Å²) in [7, 11) is 0. The largest absolute Gasteiger partial charge is 0.334 e. The second-order valence-corrected chi connectivity index (χ2v) is 3.92. The zero-order valence-corrected chi connectivity index (χ0v) is 9.27. The van der Waals surface area contributed by atoms with Crippen molar-refractivity contribution >= 4 is 11.6 Å². The molecule has 0 saturated heterocycles. The molecule has 0 saturated carbocycles. The van der Waals surface area contributed by atoms with Gasteiger partial charge in [0.25, 0.3) is 5.89 Å². The third-order valence-corrected chi connectivity index (χ3v) is 2.23. The minimum absolute atomic E-state index is 0.295. The SMILES string of the molecule is CC(Cl)c1noc(-c2cccc(C#N)c2)n1. The number of benzene rings is 1. The van der Waals surface area contributed by atoms with Gasteiger partial charge in [-0.1, -0.05) is 11.2 Å². The van der Waals surface area contributed by atoms with Crippen LogP contribution in [0.1, 0.15) is 23.7 Å². The minimum Gasteiger partial charge on any atom is -0.334 e. The van der Waals surface area contributed by atoms with Crippen LogP contribution in [-0.4, -0.2) is 10.1 Å². The van der Waals surface area contributed by atoms with E-state index in [-0.39, 0.29) is 5.38 Å². The lowest BCUT2D eigenvalue weighted by Gasteiger charge is -1.94. The van der Waals surface area contributed by atoms with Gasteiger partial charge in [0.15, 0.2) is 5.82 Å². The first kappa shape index (κ1) is 10.7. The van der Waals surface area contributed by atoms with E-state index in [0.717, 1.165) is 5.56 Å². The van der Waals surface area contributed by atoms with Crippen molar-refractivity contribution in [2.45, 2.75) is 12.3 Å². The highest BCUT2D eigenvalue weighted by Crippen LogP contribution is 2.22. The Hall–Kier alpha value is -1.86. The average Bonchev–Trinajstić information content (AvgIpc) is 2.78. The van der Waals surface area contributed by atoms with Crippen LogP contribution in [0.3, 0.4) is 0 Å². The Bertz CT molecular complexity index is 542. The van der Waals surface area contributed by atoms with Gasteiger partial charge in [0.2, 0.25) is 0 Å². The molecular formula is C11H8ClN3O. The van der Waals surface area contributed by atoms with E-state index in [1.165, 1.54) is 0 Å². The van der Waals surface area contributed by atoms with E-state index in [9.17, 15) is 0 Å². The Morgan fingerprint density at radius 1 is 1.50 bits per heavy atom. The molecule has 0 bridgehead atoms. The third kappa shape index (κ3) is 2.05. The van der Waals surface area contributed by atoms with Crippen molar-refractivity contribution in [3.05, 3.63) is 35.7 Å². The molecule has 1 aromatic heterocycles. The lowest BCUT2D eigenvalue weighted by Crippen LogP contribution is -1.86. The molecule has 16 heavy (non-hydrogen) atoms. The highest BCUT2D eigenvalue weighted by Gasteiger charge is 2.12. The highest BCUT2D eigenvalue weighted by atomic mass is 35.5. The van der Waals surface area contributed by atoms with Gasteiger partial charge in [-0.15, -0.1) is 11.6 Å². The van der Waals surface area contributed by atoms with Crippen LogP contribution >= 0.6 is 11.6 Å². The summed E-state index contributed by atoms with van der Waals surface area (Å²) in [6.45, 7) is 1.77. The zero-order valence-electron chi connectivity index (χ0n) is 8.51. The normalized spacial score (nSPS) is 12.1. The fourth-order valence-electron chi connectivity index (χ4n) is 1.24. The van der Waals surface area contributed by atoms with Crippen LogP contribution in [0.25, 0.3) is 11.5 Å². The lowest BCUT2D eigenvalue weighted by molar-refractivity contribution is 0.422. The van der Waals surface area contributed by atoms with E-state index in [4.69, 9.17) is 21.4 Å². The molecule has 80 valence electrons. The van der Waals surface area contributed by atoms with Crippen molar-refractivity contribution in [2.75, 3.05) is 0 Å². The van der Waals surface area contributed by atoms with Crippen molar-refractivity contribution in [3.63, 3.8) is 0 Å². The molecule has 4 nitrogen and oxygen atoms in total. The quantitative estimate of drug-likeness (QED) is 0.749. The summed E-state index contributed by atoms with van der Waals surface area (Å²) in [5, 5.41) is 12.2. The van der Waals surface area contributed by atoms with Crippen molar-refractivity contribution in [2.24, 2.45) is 0 Å². The summed E-state index contributed by atoms with van der Waals surface area (Å²) in [6.07, 6.45) is 0. The van der Waals surface area contributed by atoms with Crippen LogP contribution in [0.15, 0.2) is 28.8 Å². The first-order chi connectivity index (χ1) is 7.70. The van der Waals surface area contributed by atoms with Gasteiger partial charge >= 0.3 is 0 Å². The van der Waals surface area contributed by atoms with Crippen LogP contribution in [0.2, 0.25) is 0 Å². The van der Waals surface area contributed by atoms with Crippen molar-refractivity contribution in [1.29, 1.82) is 5.26 Å². The molecule has 1 atom stereocenters. The van der Waals surface area contributed by atoms with Gasteiger partial charge < -0.3 is 4.52 Å². The fourth-order valence-corrected chi connectivity index (χ4v) is 1.32. The van der Waals surface area contributed by atoms with Crippen molar-refractivity contribution in [1.82, 2.24) is 10.1 Å². The van der Waals surface area contributed by atoms with Gasteiger partial charge in [0, 0.05) is 5.56 Å². The molecular weight excluding hydrogens is 226 g/mol. The molecule has 0 aliphatic rings. The second-order valence-electron chi connectivity index (χ2n) is 3.27. The van der Waals surface area contributed by atoms with E-state index >= 15 is 0 Å². The second kappa shape index (κ2) is 4.33. The fraction of sp³-hybridized carbons (Fsp3) is 0.182. The van der Waals surface area contributed by atoms with Crippen LogP contribution in [0.4, 0.5) is 0 Å². The Morgan fingerprint density at radius 2 is 2.31 bits per heavy atom. The molecule has 0 aliphatic heterocycles. The molecule has 0 fully saturated rings. The summed E-state index contributed by atoms with van der Waals surface area (Å²) >= 11 is 5.83. The third-order valence-electron chi connectivity index (χ3n) is 2.04. The predicted octanol–water partition coefficient (Wildman–Crippen LogP) is 2.91. The van der Waals surface area contributed by atoms with E-state index in [2.05, 4.69) is 16.2 Å². The number of aromatic nitrogens is 2.